The average molecular weight is 541 g/mol. The maximum absolute atomic E-state index is 13.4. The van der Waals surface area contributed by atoms with Crippen molar-refractivity contribution in [3.63, 3.8) is 0 Å². The normalized spacial score (nSPS) is 57.7. The van der Waals surface area contributed by atoms with E-state index in [-0.39, 0.29) is 59.3 Å². The predicted octanol–water partition coefficient (Wildman–Crippen LogP) is 2.69. The van der Waals surface area contributed by atoms with Crippen LogP contribution in [-0.4, -0.2) is 66.4 Å². The highest BCUT2D eigenvalue weighted by atomic mass is 16.8. The van der Waals surface area contributed by atoms with Crippen LogP contribution in [0, 0.1) is 47.3 Å². The summed E-state index contributed by atoms with van der Waals surface area (Å²) in [6.45, 7) is 5.58. The van der Waals surface area contributed by atoms with Crippen molar-refractivity contribution >= 4 is 17.5 Å². The van der Waals surface area contributed by atoms with Crippen molar-refractivity contribution in [1.29, 1.82) is 0 Å². The third-order valence-corrected chi connectivity index (χ3v) is 11.9. The molecule has 15 atom stereocenters. The minimum Gasteiger partial charge on any atom is -0.429 e. The molecule has 8 bridgehead atoms. The first-order valence-electron chi connectivity index (χ1n) is 15.0. The van der Waals surface area contributed by atoms with E-state index in [0.29, 0.717) is 11.8 Å². The summed E-state index contributed by atoms with van der Waals surface area (Å²) < 4.78 is 38.9. The Bertz CT molecular complexity index is 1180. The van der Waals surface area contributed by atoms with Gasteiger partial charge in [0.05, 0.1) is 18.4 Å². The van der Waals surface area contributed by atoms with Crippen LogP contribution >= 0.6 is 0 Å². The summed E-state index contributed by atoms with van der Waals surface area (Å²) in [6, 6.07) is 0. The fourth-order valence-electron chi connectivity index (χ4n) is 10.5. The maximum Gasteiger partial charge on any atom is 0.335 e. The predicted molar refractivity (Wildman–Crippen MR) is 130 cm³/mol. The molecule has 8 aliphatic carbocycles. The van der Waals surface area contributed by atoms with Crippen LogP contribution in [0.15, 0.2) is 12.2 Å². The summed E-state index contributed by atoms with van der Waals surface area (Å²) in [5, 5.41) is 0. The van der Waals surface area contributed by atoms with Gasteiger partial charge in [0.2, 0.25) is 6.29 Å². The lowest BCUT2D eigenvalue weighted by molar-refractivity contribution is -0.317. The van der Waals surface area contributed by atoms with Gasteiger partial charge in [-0.25, -0.2) is 4.79 Å². The van der Waals surface area contributed by atoms with Crippen molar-refractivity contribution in [2.24, 2.45) is 47.3 Å². The third kappa shape index (κ3) is 3.01. The van der Waals surface area contributed by atoms with Crippen molar-refractivity contribution in [2.45, 2.75) is 101 Å². The SMILES string of the molecule is C=C(C)C(=O)OC1O[C@H](C2COC3(O2)C2CC4CC(C2)C(=O)C3C4)[C@@H]2OC3(O[C@H]12)C1CC2CC(C1)C(=O)C3C2. The van der Waals surface area contributed by atoms with Crippen LogP contribution in [0.25, 0.3) is 0 Å². The highest BCUT2D eigenvalue weighted by molar-refractivity contribution is 5.88. The van der Waals surface area contributed by atoms with E-state index in [4.69, 9.17) is 28.4 Å². The number of hydrogen-bond donors (Lipinski definition) is 0. The lowest BCUT2D eigenvalue weighted by atomic mass is 9.52. The lowest BCUT2D eigenvalue weighted by Crippen LogP contribution is -2.64. The fraction of sp³-hybridized carbons (Fsp3) is 0.833. The van der Waals surface area contributed by atoms with Crippen molar-refractivity contribution in [3.8, 4) is 0 Å². The molecule has 3 aliphatic heterocycles. The Hall–Kier alpha value is -1.65. The van der Waals surface area contributed by atoms with E-state index in [1.807, 2.05) is 0 Å². The topological polar surface area (TPSA) is 107 Å². The molecule has 8 saturated carbocycles. The van der Waals surface area contributed by atoms with E-state index < -0.39 is 48.2 Å². The number of esters is 1. The Morgan fingerprint density at radius 3 is 2.08 bits per heavy atom. The van der Waals surface area contributed by atoms with Gasteiger partial charge in [0, 0.05) is 29.2 Å². The van der Waals surface area contributed by atoms with Gasteiger partial charge in [-0.1, -0.05) is 6.58 Å². The van der Waals surface area contributed by atoms with Crippen LogP contribution < -0.4 is 0 Å². The smallest absolute Gasteiger partial charge is 0.335 e. The molecule has 9 heteroatoms. The number of Topliss-reactive ketones (excluding diaryl/α,β-unsaturated/α-hetero) is 2. The monoisotopic (exact) mass is 540 g/mol. The Labute approximate surface area is 227 Å². The van der Waals surface area contributed by atoms with Crippen molar-refractivity contribution in [1.82, 2.24) is 0 Å². The molecule has 2 spiro atoms. The number of fused-ring (bicyclic) bond motifs is 1. The van der Waals surface area contributed by atoms with Crippen molar-refractivity contribution < 1.29 is 42.8 Å². The number of hydrogen-bond acceptors (Lipinski definition) is 9. The van der Waals surface area contributed by atoms with Crippen LogP contribution in [-0.2, 0) is 42.8 Å². The van der Waals surface area contributed by atoms with Crippen LogP contribution in [0.3, 0.4) is 0 Å². The van der Waals surface area contributed by atoms with Gasteiger partial charge in [0.1, 0.15) is 29.9 Å². The molecule has 0 aromatic heterocycles. The van der Waals surface area contributed by atoms with Gasteiger partial charge < -0.3 is 28.4 Å². The second kappa shape index (κ2) is 7.79. The largest absolute Gasteiger partial charge is 0.429 e. The number of ether oxygens (including phenoxy) is 6. The van der Waals surface area contributed by atoms with Gasteiger partial charge in [-0.15, -0.1) is 0 Å². The van der Waals surface area contributed by atoms with E-state index in [9.17, 15) is 14.4 Å². The second-order valence-electron chi connectivity index (χ2n) is 14.0. The first-order chi connectivity index (χ1) is 18.8. The van der Waals surface area contributed by atoms with Crippen LogP contribution in [0.5, 0.6) is 0 Å². The first kappa shape index (κ1) is 24.0. The molecule has 11 aliphatic rings. The maximum atomic E-state index is 13.4. The van der Waals surface area contributed by atoms with Gasteiger partial charge in [0.15, 0.2) is 17.7 Å². The summed E-state index contributed by atoms with van der Waals surface area (Å²) in [6.07, 6.45) is 3.86. The van der Waals surface area contributed by atoms with Gasteiger partial charge in [-0.2, -0.15) is 0 Å². The molecule has 0 N–H and O–H groups in total. The molecule has 0 amide bonds. The second-order valence-corrected chi connectivity index (χ2v) is 14.0. The standard InChI is InChI=1S/C30H36O9/c1-12(2)27(33)36-28-26-25(38-30(39-26)18-6-14-4-16(10-18)23(32)20(30)8-14)24(35-28)21-11-34-29(37-21)17-5-13-3-15(9-17)22(31)19(29)7-13/h13-21,24-26,28H,1,3-11H2,2H3/t13?,14?,15?,16?,17?,18?,19?,20?,21?,24-,25+,26+,28?,29?,30?/m1/s1. The van der Waals surface area contributed by atoms with E-state index in [0.717, 1.165) is 51.4 Å². The zero-order chi connectivity index (χ0) is 26.4. The van der Waals surface area contributed by atoms with E-state index in [1.54, 1.807) is 6.92 Å². The van der Waals surface area contributed by atoms with Gasteiger partial charge >= 0.3 is 5.97 Å². The zero-order valence-corrected chi connectivity index (χ0v) is 22.3. The molecule has 12 unspecified atom stereocenters. The molecule has 3 saturated heterocycles. The Morgan fingerprint density at radius 2 is 1.41 bits per heavy atom. The Morgan fingerprint density at radius 1 is 0.795 bits per heavy atom. The molecule has 210 valence electrons. The van der Waals surface area contributed by atoms with E-state index in [1.165, 1.54) is 0 Å². The number of carbonyl (C=O) groups excluding carboxylic acids is 3. The van der Waals surface area contributed by atoms with E-state index >= 15 is 0 Å². The zero-order valence-electron chi connectivity index (χ0n) is 22.3. The summed E-state index contributed by atoms with van der Waals surface area (Å²) in [4.78, 5) is 39.2. The summed E-state index contributed by atoms with van der Waals surface area (Å²) in [5.41, 5.74) is 0.267. The molecule has 11 fully saturated rings. The Kier molecular flexibility index (Phi) is 4.79. The molecule has 39 heavy (non-hydrogen) atoms. The minimum atomic E-state index is -1.01. The molecule has 9 nitrogen and oxygen atoms in total. The highest BCUT2D eigenvalue weighted by Gasteiger charge is 2.73. The highest BCUT2D eigenvalue weighted by Crippen LogP contribution is 2.64. The number of ketones is 2. The van der Waals surface area contributed by atoms with Crippen LogP contribution in [0.4, 0.5) is 0 Å². The molecule has 11 rings (SSSR count). The van der Waals surface area contributed by atoms with Gasteiger partial charge in [0.25, 0.3) is 0 Å². The third-order valence-electron chi connectivity index (χ3n) is 11.9. The van der Waals surface area contributed by atoms with Gasteiger partial charge in [-0.05, 0) is 70.1 Å². The molecule has 3 heterocycles. The van der Waals surface area contributed by atoms with E-state index in [2.05, 4.69) is 6.58 Å². The van der Waals surface area contributed by atoms with Crippen LogP contribution in [0.1, 0.15) is 58.3 Å². The minimum absolute atomic E-state index is 0.107. The first-order valence-corrected chi connectivity index (χ1v) is 15.0. The molecular weight excluding hydrogens is 504 g/mol. The molecule has 0 radical (unpaired) electrons. The van der Waals surface area contributed by atoms with Crippen molar-refractivity contribution in [2.75, 3.05) is 6.61 Å². The van der Waals surface area contributed by atoms with Crippen molar-refractivity contribution in [3.05, 3.63) is 12.2 Å². The summed E-state index contributed by atoms with van der Waals surface area (Å²) in [5.74, 6) is -0.769. The molecule has 0 aromatic carbocycles. The number of carbonyl (C=O) groups is 3. The lowest BCUT2D eigenvalue weighted by Gasteiger charge is -2.57. The number of rotatable bonds is 3. The average Bonchev–Trinajstić information content (AvgIpc) is 3.60. The van der Waals surface area contributed by atoms with Crippen LogP contribution in [0.2, 0.25) is 0 Å². The fourth-order valence-corrected chi connectivity index (χ4v) is 10.5. The molecule has 0 aromatic rings. The van der Waals surface area contributed by atoms with Gasteiger partial charge in [-0.3, -0.25) is 9.59 Å². The quantitative estimate of drug-likeness (QED) is 0.395. The molecular formula is C30H36O9. The summed E-state index contributed by atoms with van der Waals surface area (Å²) >= 11 is 0. The summed E-state index contributed by atoms with van der Waals surface area (Å²) in [7, 11) is 0. The Balaban J connectivity index is 1.03.